The molecule has 0 bridgehead atoms. The second-order valence-electron chi connectivity index (χ2n) is 5.66. The van der Waals surface area contributed by atoms with Gasteiger partial charge in [-0.1, -0.05) is 23.7 Å². The van der Waals surface area contributed by atoms with Crippen molar-refractivity contribution in [1.82, 2.24) is 5.32 Å². The number of hydrogen-bond donors (Lipinski definition) is 2. The van der Waals surface area contributed by atoms with Gasteiger partial charge in [0, 0.05) is 5.02 Å². The number of rotatable bonds is 5. The lowest BCUT2D eigenvalue weighted by molar-refractivity contribution is -0.139. The van der Waals surface area contributed by atoms with Gasteiger partial charge in [-0.05, 0) is 66.2 Å². The van der Waals surface area contributed by atoms with Crippen molar-refractivity contribution in [2.75, 3.05) is 6.61 Å². The van der Waals surface area contributed by atoms with Gasteiger partial charge in [0.05, 0.1) is 10.6 Å². The Hall–Kier alpha value is -2.77. The number of aliphatic carboxylic acids is 1. The molecular weight excluding hydrogens is 388 g/mol. The first-order valence-electron chi connectivity index (χ1n) is 7.91. The maximum atomic E-state index is 12.2. The van der Waals surface area contributed by atoms with Crippen LogP contribution in [0.25, 0.3) is 6.08 Å². The fourth-order valence-electron chi connectivity index (χ4n) is 2.29. The van der Waals surface area contributed by atoms with Gasteiger partial charge in [0.15, 0.2) is 11.8 Å². The van der Waals surface area contributed by atoms with Gasteiger partial charge < -0.3 is 15.2 Å². The largest absolute Gasteiger partial charge is 0.482 e. The maximum absolute atomic E-state index is 12.2. The number of halogens is 1. The molecule has 0 saturated carbocycles. The SMILES string of the molecule is Cc1cc(Cl)ccc1N=C1NC(=O)/C(=C/c2ccc(OCC(=O)O)cc2)S1. The average molecular weight is 403 g/mol. The second kappa shape index (κ2) is 8.28. The minimum Gasteiger partial charge on any atom is -0.482 e. The van der Waals surface area contributed by atoms with Crippen LogP contribution in [-0.2, 0) is 9.59 Å². The van der Waals surface area contributed by atoms with Crippen LogP contribution in [0, 0.1) is 6.92 Å². The van der Waals surface area contributed by atoms with Gasteiger partial charge in [-0.2, -0.15) is 0 Å². The first-order valence-corrected chi connectivity index (χ1v) is 9.10. The quantitative estimate of drug-likeness (QED) is 0.738. The highest BCUT2D eigenvalue weighted by Crippen LogP contribution is 2.30. The van der Waals surface area contributed by atoms with E-state index in [2.05, 4.69) is 10.3 Å². The number of amidine groups is 1. The molecule has 1 amide bonds. The molecular formula is C19H15ClN2O4S. The van der Waals surface area contributed by atoms with Gasteiger partial charge >= 0.3 is 5.97 Å². The summed E-state index contributed by atoms with van der Waals surface area (Å²) in [6.07, 6.45) is 1.73. The number of carbonyl (C=O) groups excluding carboxylic acids is 1. The number of thioether (sulfide) groups is 1. The maximum Gasteiger partial charge on any atom is 0.341 e. The molecule has 1 heterocycles. The number of amides is 1. The van der Waals surface area contributed by atoms with E-state index in [1.807, 2.05) is 13.0 Å². The molecule has 6 nitrogen and oxygen atoms in total. The molecule has 138 valence electrons. The fourth-order valence-corrected chi connectivity index (χ4v) is 3.35. The van der Waals surface area contributed by atoms with Crippen LogP contribution in [0.4, 0.5) is 5.69 Å². The van der Waals surface area contributed by atoms with E-state index in [9.17, 15) is 9.59 Å². The molecule has 27 heavy (non-hydrogen) atoms. The number of nitrogens with zero attached hydrogens (tertiary/aromatic N) is 1. The molecule has 0 spiro atoms. The predicted molar refractivity (Wildman–Crippen MR) is 107 cm³/mol. The lowest BCUT2D eigenvalue weighted by Crippen LogP contribution is -2.19. The third-order valence-corrected chi connectivity index (χ3v) is 4.72. The number of carbonyl (C=O) groups is 2. The molecule has 0 radical (unpaired) electrons. The second-order valence-corrected chi connectivity index (χ2v) is 7.13. The number of ether oxygens (including phenoxy) is 1. The summed E-state index contributed by atoms with van der Waals surface area (Å²) in [7, 11) is 0. The molecule has 1 aliphatic heterocycles. The number of hydrogen-bond acceptors (Lipinski definition) is 5. The van der Waals surface area contributed by atoms with Crippen molar-refractivity contribution in [1.29, 1.82) is 0 Å². The van der Waals surface area contributed by atoms with Gasteiger partial charge in [0.25, 0.3) is 5.91 Å². The van der Waals surface area contributed by atoms with Crippen LogP contribution in [0.2, 0.25) is 5.02 Å². The summed E-state index contributed by atoms with van der Waals surface area (Å²) in [5, 5.41) is 12.5. The van der Waals surface area contributed by atoms with Crippen LogP contribution in [0.5, 0.6) is 5.75 Å². The molecule has 1 aliphatic rings. The van der Waals surface area contributed by atoms with Crippen molar-refractivity contribution >= 4 is 52.2 Å². The Labute approximate surface area is 164 Å². The standard InChI is InChI=1S/C19H15ClN2O4S/c1-11-8-13(20)4-7-15(11)21-19-22-18(25)16(27-19)9-12-2-5-14(6-3-12)26-10-17(23)24/h2-9H,10H2,1H3,(H,23,24)(H,21,22,25)/b16-9-. The number of aliphatic imine (C=N–C) groups is 1. The number of benzene rings is 2. The highest BCUT2D eigenvalue weighted by atomic mass is 35.5. The first-order chi connectivity index (χ1) is 12.9. The molecule has 1 saturated heterocycles. The fraction of sp³-hybridized carbons (Fsp3) is 0.105. The molecule has 2 aromatic rings. The van der Waals surface area contributed by atoms with E-state index in [0.29, 0.717) is 20.8 Å². The summed E-state index contributed by atoms with van der Waals surface area (Å²) in [4.78, 5) is 27.7. The Kier molecular flexibility index (Phi) is 5.83. The number of nitrogens with one attached hydrogen (secondary N) is 1. The Morgan fingerprint density at radius 2 is 2.04 bits per heavy atom. The normalized spacial score (nSPS) is 16.6. The predicted octanol–water partition coefficient (Wildman–Crippen LogP) is 4.00. The Bertz CT molecular complexity index is 955. The van der Waals surface area contributed by atoms with E-state index in [1.54, 1.807) is 42.5 Å². The Balaban J connectivity index is 1.73. The van der Waals surface area contributed by atoms with Crippen LogP contribution in [0.1, 0.15) is 11.1 Å². The van der Waals surface area contributed by atoms with Crippen LogP contribution < -0.4 is 10.1 Å². The van der Waals surface area contributed by atoms with Crippen molar-refractivity contribution in [2.45, 2.75) is 6.92 Å². The monoisotopic (exact) mass is 402 g/mol. The minimum absolute atomic E-state index is 0.225. The lowest BCUT2D eigenvalue weighted by Gasteiger charge is -2.03. The molecule has 3 rings (SSSR count). The molecule has 2 N–H and O–H groups in total. The van der Waals surface area contributed by atoms with E-state index in [4.69, 9.17) is 21.4 Å². The van der Waals surface area contributed by atoms with E-state index < -0.39 is 12.6 Å². The van der Waals surface area contributed by atoms with Crippen LogP contribution >= 0.6 is 23.4 Å². The third-order valence-electron chi connectivity index (χ3n) is 3.57. The molecule has 2 aromatic carbocycles. The number of carboxylic acid groups (broad SMARTS) is 1. The summed E-state index contributed by atoms with van der Waals surface area (Å²) >= 11 is 7.19. The van der Waals surface area contributed by atoms with Crippen LogP contribution in [0.15, 0.2) is 52.4 Å². The van der Waals surface area contributed by atoms with Crippen LogP contribution in [-0.4, -0.2) is 28.8 Å². The first kappa shape index (κ1) is 19.0. The van der Waals surface area contributed by atoms with Crippen molar-refractivity contribution in [3.05, 3.63) is 63.5 Å². The zero-order chi connectivity index (χ0) is 19.4. The molecule has 0 aromatic heterocycles. The average Bonchev–Trinajstić information content (AvgIpc) is 2.96. The number of carboxylic acids is 1. The van der Waals surface area contributed by atoms with Gasteiger partial charge in [0.2, 0.25) is 0 Å². The zero-order valence-corrected chi connectivity index (χ0v) is 15.8. The zero-order valence-electron chi connectivity index (χ0n) is 14.2. The highest BCUT2D eigenvalue weighted by Gasteiger charge is 2.24. The summed E-state index contributed by atoms with van der Waals surface area (Å²) in [6, 6.07) is 12.2. The lowest BCUT2D eigenvalue weighted by atomic mass is 10.2. The molecule has 0 atom stereocenters. The van der Waals surface area contributed by atoms with Crippen molar-refractivity contribution in [2.24, 2.45) is 4.99 Å². The molecule has 1 fully saturated rings. The minimum atomic E-state index is -1.04. The summed E-state index contributed by atoms with van der Waals surface area (Å²) in [5.74, 6) is -0.817. The Morgan fingerprint density at radius 3 is 2.70 bits per heavy atom. The van der Waals surface area contributed by atoms with Gasteiger partial charge in [-0.3, -0.25) is 4.79 Å². The van der Waals surface area contributed by atoms with Crippen molar-refractivity contribution in [3.8, 4) is 5.75 Å². The van der Waals surface area contributed by atoms with Gasteiger partial charge in [0.1, 0.15) is 5.75 Å². The summed E-state index contributed by atoms with van der Waals surface area (Å²) < 4.78 is 5.08. The van der Waals surface area contributed by atoms with E-state index in [1.165, 1.54) is 11.8 Å². The van der Waals surface area contributed by atoms with Gasteiger partial charge in [-0.25, -0.2) is 9.79 Å². The van der Waals surface area contributed by atoms with E-state index in [0.717, 1.165) is 16.8 Å². The summed E-state index contributed by atoms with van der Waals surface area (Å²) in [5.41, 5.74) is 2.45. The Morgan fingerprint density at radius 1 is 1.30 bits per heavy atom. The van der Waals surface area contributed by atoms with E-state index >= 15 is 0 Å². The third kappa shape index (κ3) is 5.12. The highest BCUT2D eigenvalue weighted by molar-refractivity contribution is 8.18. The number of aryl methyl sites for hydroxylation is 1. The van der Waals surface area contributed by atoms with Crippen LogP contribution in [0.3, 0.4) is 0 Å². The molecule has 0 unspecified atom stereocenters. The molecule has 8 heteroatoms. The van der Waals surface area contributed by atoms with Crippen molar-refractivity contribution in [3.63, 3.8) is 0 Å². The van der Waals surface area contributed by atoms with E-state index in [-0.39, 0.29) is 5.91 Å². The molecule has 0 aliphatic carbocycles. The van der Waals surface area contributed by atoms with Gasteiger partial charge in [-0.15, -0.1) is 0 Å². The summed E-state index contributed by atoms with van der Waals surface area (Å²) in [6.45, 7) is 1.50. The van der Waals surface area contributed by atoms with Crippen molar-refractivity contribution < 1.29 is 19.4 Å². The topological polar surface area (TPSA) is 88.0 Å². The smallest absolute Gasteiger partial charge is 0.341 e.